The summed E-state index contributed by atoms with van der Waals surface area (Å²) in [6, 6.07) is 19.0. The Morgan fingerprint density at radius 3 is 2.64 bits per heavy atom. The van der Waals surface area contributed by atoms with Crippen molar-refractivity contribution in [2.45, 2.75) is 38.3 Å². The van der Waals surface area contributed by atoms with E-state index < -0.39 is 0 Å². The lowest BCUT2D eigenvalue weighted by Crippen LogP contribution is -2.55. The van der Waals surface area contributed by atoms with Crippen molar-refractivity contribution in [3.8, 4) is 5.75 Å². The molecular weight excluding hydrogens is 348 g/mol. The van der Waals surface area contributed by atoms with Crippen LogP contribution < -0.4 is 4.74 Å². The number of ether oxygens (including phenoxy) is 1. The zero-order chi connectivity index (χ0) is 19.3. The molecule has 0 unspecified atom stereocenters. The number of carbonyl (C=O) groups excluding carboxylic acids is 1. The van der Waals surface area contributed by atoms with Crippen LogP contribution in [0.15, 0.2) is 54.6 Å². The molecule has 2 saturated heterocycles. The summed E-state index contributed by atoms with van der Waals surface area (Å²) in [7, 11) is 1.74. The highest BCUT2D eigenvalue weighted by Gasteiger charge is 2.37. The minimum absolute atomic E-state index is 0.270. The minimum atomic E-state index is 0.270. The van der Waals surface area contributed by atoms with Crippen LogP contribution in [0.3, 0.4) is 0 Å². The number of amides is 1. The quantitative estimate of drug-likeness (QED) is 0.794. The van der Waals surface area contributed by atoms with E-state index in [1.54, 1.807) is 7.11 Å². The molecule has 0 saturated carbocycles. The van der Waals surface area contributed by atoms with Gasteiger partial charge in [0, 0.05) is 31.2 Å². The third-order valence-corrected chi connectivity index (χ3v) is 6.30. The standard InChI is InChI=1S/C24H30N2O2/c1-28-23-12-6-5-10-21(23)18-25-14-7-11-20-17-26(15-13-22(20)25)24(27)16-19-8-3-2-4-9-19/h2-6,8-10,12,20,22H,7,11,13-18H2,1H3/t20-,22+/m1/s1. The predicted octanol–water partition coefficient (Wildman–Crippen LogP) is 3.75. The van der Waals surface area contributed by atoms with Crippen molar-refractivity contribution >= 4 is 5.91 Å². The third-order valence-electron chi connectivity index (χ3n) is 6.30. The molecule has 2 fully saturated rings. The first kappa shape index (κ1) is 19.0. The highest BCUT2D eigenvalue weighted by atomic mass is 16.5. The van der Waals surface area contributed by atoms with Gasteiger partial charge in [-0.3, -0.25) is 9.69 Å². The highest BCUT2D eigenvalue weighted by molar-refractivity contribution is 5.78. The van der Waals surface area contributed by atoms with Crippen LogP contribution in [0.5, 0.6) is 5.75 Å². The van der Waals surface area contributed by atoms with Crippen molar-refractivity contribution < 1.29 is 9.53 Å². The number of piperidine rings is 2. The number of rotatable bonds is 5. The fourth-order valence-corrected chi connectivity index (χ4v) is 4.86. The zero-order valence-corrected chi connectivity index (χ0v) is 16.7. The number of carbonyl (C=O) groups is 1. The molecule has 1 amide bonds. The van der Waals surface area contributed by atoms with Gasteiger partial charge in [-0.25, -0.2) is 0 Å². The van der Waals surface area contributed by atoms with E-state index in [0.29, 0.717) is 18.4 Å². The van der Waals surface area contributed by atoms with E-state index in [1.807, 2.05) is 42.5 Å². The molecule has 2 atom stereocenters. The summed E-state index contributed by atoms with van der Waals surface area (Å²) in [6.45, 7) is 3.84. The molecule has 0 radical (unpaired) electrons. The molecule has 4 rings (SSSR count). The van der Waals surface area contributed by atoms with Gasteiger partial charge in [0.25, 0.3) is 0 Å². The maximum atomic E-state index is 12.8. The summed E-state index contributed by atoms with van der Waals surface area (Å²) in [6.07, 6.45) is 4.02. The first-order valence-corrected chi connectivity index (χ1v) is 10.4. The van der Waals surface area contributed by atoms with Gasteiger partial charge in [-0.15, -0.1) is 0 Å². The summed E-state index contributed by atoms with van der Waals surface area (Å²) in [5.41, 5.74) is 2.37. The van der Waals surface area contributed by atoms with Crippen LogP contribution in [-0.2, 0) is 17.8 Å². The average molecular weight is 379 g/mol. The number of hydrogen-bond acceptors (Lipinski definition) is 3. The van der Waals surface area contributed by atoms with Gasteiger partial charge in [0.15, 0.2) is 0 Å². The van der Waals surface area contributed by atoms with Crippen LogP contribution >= 0.6 is 0 Å². The Hall–Kier alpha value is -2.33. The zero-order valence-electron chi connectivity index (χ0n) is 16.7. The second-order valence-electron chi connectivity index (χ2n) is 8.04. The molecule has 2 aliphatic heterocycles. The van der Waals surface area contributed by atoms with Crippen molar-refractivity contribution in [2.24, 2.45) is 5.92 Å². The van der Waals surface area contributed by atoms with Gasteiger partial charge in [0.2, 0.25) is 5.91 Å². The topological polar surface area (TPSA) is 32.8 Å². The number of nitrogens with zero attached hydrogens (tertiary/aromatic N) is 2. The van der Waals surface area contributed by atoms with Crippen molar-refractivity contribution in [3.63, 3.8) is 0 Å². The summed E-state index contributed by atoms with van der Waals surface area (Å²) in [4.78, 5) is 17.5. The summed E-state index contributed by atoms with van der Waals surface area (Å²) < 4.78 is 5.55. The molecule has 2 aromatic rings. The maximum Gasteiger partial charge on any atom is 0.227 e. The number of para-hydroxylation sites is 1. The van der Waals surface area contributed by atoms with Gasteiger partial charge >= 0.3 is 0 Å². The van der Waals surface area contributed by atoms with Gasteiger partial charge in [-0.05, 0) is 43.4 Å². The van der Waals surface area contributed by atoms with E-state index in [4.69, 9.17) is 4.74 Å². The molecule has 0 spiro atoms. The summed E-state index contributed by atoms with van der Waals surface area (Å²) in [5.74, 6) is 1.82. The summed E-state index contributed by atoms with van der Waals surface area (Å²) in [5, 5.41) is 0. The lowest BCUT2D eigenvalue weighted by molar-refractivity contribution is -0.134. The van der Waals surface area contributed by atoms with E-state index in [2.05, 4.69) is 21.9 Å². The number of likely N-dealkylation sites (tertiary alicyclic amines) is 2. The molecule has 0 bridgehead atoms. The Bertz CT molecular complexity index is 792. The van der Waals surface area contributed by atoms with Gasteiger partial charge in [0.1, 0.15) is 5.75 Å². The van der Waals surface area contributed by atoms with E-state index in [0.717, 1.165) is 43.9 Å². The molecule has 0 aromatic heterocycles. The fourth-order valence-electron chi connectivity index (χ4n) is 4.86. The number of methoxy groups -OCH3 is 1. The van der Waals surface area contributed by atoms with Gasteiger partial charge in [-0.1, -0.05) is 48.5 Å². The van der Waals surface area contributed by atoms with Gasteiger partial charge in [0.05, 0.1) is 13.5 Å². The summed E-state index contributed by atoms with van der Waals surface area (Å²) >= 11 is 0. The van der Waals surface area contributed by atoms with Crippen LogP contribution in [0.1, 0.15) is 30.4 Å². The Morgan fingerprint density at radius 2 is 1.82 bits per heavy atom. The van der Waals surface area contributed by atoms with Crippen LogP contribution in [-0.4, -0.2) is 48.5 Å². The van der Waals surface area contributed by atoms with E-state index in [9.17, 15) is 4.79 Å². The molecule has 4 nitrogen and oxygen atoms in total. The van der Waals surface area contributed by atoms with E-state index >= 15 is 0 Å². The molecule has 28 heavy (non-hydrogen) atoms. The molecule has 0 N–H and O–H groups in total. The van der Waals surface area contributed by atoms with Crippen LogP contribution in [0.2, 0.25) is 0 Å². The maximum absolute atomic E-state index is 12.8. The van der Waals surface area contributed by atoms with Crippen molar-refractivity contribution in [3.05, 3.63) is 65.7 Å². The predicted molar refractivity (Wildman–Crippen MR) is 111 cm³/mol. The number of fused-ring (bicyclic) bond motifs is 1. The lowest BCUT2D eigenvalue weighted by atomic mass is 9.83. The monoisotopic (exact) mass is 378 g/mol. The lowest BCUT2D eigenvalue weighted by Gasteiger charge is -2.47. The van der Waals surface area contributed by atoms with E-state index in [1.165, 1.54) is 18.4 Å². The second-order valence-corrected chi connectivity index (χ2v) is 8.04. The van der Waals surface area contributed by atoms with Crippen molar-refractivity contribution in [1.29, 1.82) is 0 Å². The van der Waals surface area contributed by atoms with Crippen molar-refractivity contribution in [1.82, 2.24) is 9.80 Å². The largest absolute Gasteiger partial charge is 0.496 e. The average Bonchev–Trinajstić information content (AvgIpc) is 2.74. The molecule has 148 valence electrons. The highest BCUT2D eigenvalue weighted by Crippen LogP contribution is 2.33. The molecule has 0 aliphatic carbocycles. The van der Waals surface area contributed by atoms with Crippen molar-refractivity contribution in [2.75, 3.05) is 26.7 Å². The van der Waals surface area contributed by atoms with Crippen LogP contribution in [0.25, 0.3) is 0 Å². The first-order chi connectivity index (χ1) is 13.7. The molecule has 4 heteroatoms. The molecule has 2 heterocycles. The van der Waals surface area contributed by atoms with Gasteiger partial charge in [-0.2, -0.15) is 0 Å². The van der Waals surface area contributed by atoms with Gasteiger partial charge < -0.3 is 9.64 Å². The Morgan fingerprint density at radius 1 is 1.04 bits per heavy atom. The van der Waals surface area contributed by atoms with Crippen LogP contribution in [0.4, 0.5) is 0 Å². The van der Waals surface area contributed by atoms with E-state index in [-0.39, 0.29) is 5.91 Å². The molecule has 2 aliphatic rings. The Balaban J connectivity index is 1.39. The normalized spacial score (nSPS) is 22.5. The minimum Gasteiger partial charge on any atom is -0.496 e. The fraction of sp³-hybridized carbons (Fsp3) is 0.458. The third kappa shape index (κ3) is 4.22. The number of benzene rings is 2. The second kappa shape index (κ2) is 8.78. The van der Waals surface area contributed by atoms with Crippen LogP contribution in [0, 0.1) is 5.92 Å². The molecular formula is C24H30N2O2. The Kier molecular flexibility index (Phi) is 5.96. The molecule has 2 aromatic carbocycles. The Labute approximate surface area is 168 Å². The number of hydrogen-bond donors (Lipinski definition) is 0. The smallest absolute Gasteiger partial charge is 0.227 e. The SMILES string of the molecule is COc1ccccc1CN1CCC[C@@H]2CN(C(=O)Cc3ccccc3)CC[C@@H]21. The first-order valence-electron chi connectivity index (χ1n) is 10.4.